The highest BCUT2D eigenvalue weighted by Gasteiger charge is 2.43. The second-order valence-corrected chi connectivity index (χ2v) is 13.2. The zero-order valence-electron chi connectivity index (χ0n) is 27.9. The number of ketones is 1. The maximum Gasteiger partial charge on any atom is 0.197 e. The van der Waals surface area contributed by atoms with Gasteiger partial charge in [-0.15, -0.1) is 0 Å². The predicted molar refractivity (Wildman–Crippen MR) is 189 cm³/mol. The van der Waals surface area contributed by atoms with Gasteiger partial charge in [-0.1, -0.05) is 23.3 Å². The molecule has 3 atom stereocenters. The van der Waals surface area contributed by atoms with Gasteiger partial charge in [-0.2, -0.15) is 0 Å². The lowest BCUT2D eigenvalue weighted by Crippen LogP contribution is -2.31. The van der Waals surface area contributed by atoms with E-state index in [9.17, 15) is 50.4 Å². The monoisotopic (exact) mass is 692 g/mol. The van der Waals surface area contributed by atoms with E-state index in [4.69, 9.17) is 4.42 Å². The normalized spacial score (nSPS) is 17.2. The van der Waals surface area contributed by atoms with Crippen molar-refractivity contribution >= 4 is 16.8 Å². The molecule has 0 saturated heterocycles. The fourth-order valence-electron chi connectivity index (χ4n) is 6.99. The molecule has 51 heavy (non-hydrogen) atoms. The average molecular weight is 693 g/mol. The molecule has 0 amide bonds. The molecule has 1 aliphatic rings. The minimum atomic E-state index is -1.17. The topological polar surface area (TPSA) is 209 Å². The first-order valence-corrected chi connectivity index (χ1v) is 16.1. The summed E-state index contributed by atoms with van der Waals surface area (Å²) in [6, 6.07) is 12.3. The molecule has 0 spiro atoms. The van der Waals surface area contributed by atoms with Crippen LogP contribution in [0.15, 0.2) is 93.2 Å². The Morgan fingerprint density at radius 2 is 1.47 bits per heavy atom. The van der Waals surface area contributed by atoms with Crippen LogP contribution in [0.25, 0.3) is 22.3 Å². The van der Waals surface area contributed by atoms with Crippen LogP contribution in [0.3, 0.4) is 0 Å². The van der Waals surface area contributed by atoms with Crippen molar-refractivity contribution in [1.29, 1.82) is 0 Å². The molecule has 1 heterocycles. The number of hydrogen-bond acceptors (Lipinski definition) is 11. The van der Waals surface area contributed by atoms with Gasteiger partial charge in [-0.25, -0.2) is 0 Å². The van der Waals surface area contributed by atoms with E-state index in [1.807, 2.05) is 13.8 Å². The van der Waals surface area contributed by atoms with Gasteiger partial charge < -0.3 is 45.3 Å². The van der Waals surface area contributed by atoms with E-state index in [1.54, 1.807) is 19.1 Å². The summed E-state index contributed by atoms with van der Waals surface area (Å²) >= 11 is 0. The minimum absolute atomic E-state index is 0.0458. The van der Waals surface area contributed by atoms with E-state index < -0.39 is 52.0 Å². The molecule has 11 nitrogen and oxygen atoms in total. The molecule has 3 unspecified atom stereocenters. The Balaban J connectivity index is 1.58. The lowest BCUT2D eigenvalue weighted by molar-refractivity contribution is 0.0876. The molecule has 6 rings (SSSR count). The molecule has 0 bridgehead atoms. The number of aromatic hydroxyl groups is 8. The van der Waals surface area contributed by atoms with Gasteiger partial charge in [0.2, 0.25) is 0 Å². The Morgan fingerprint density at radius 1 is 0.804 bits per heavy atom. The zero-order valence-corrected chi connectivity index (χ0v) is 27.9. The summed E-state index contributed by atoms with van der Waals surface area (Å²) in [6.07, 6.45) is 3.88. The van der Waals surface area contributed by atoms with Crippen LogP contribution in [0.5, 0.6) is 46.0 Å². The number of phenolic OH excluding ortho intramolecular Hbond substituents is 8. The molecule has 11 heteroatoms. The van der Waals surface area contributed by atoms with Crippen LogP contribution < -0.4 is 5.43 Å². The Kier molecular flexibility index (Phi) is 8.90. The van der Waals surface area contributed by atoms with Gasteiger partial charge >= 0.3 is 0 Å². The number of benzene rings is 4. The molecule has 4 aromatic carbocycles. The Labute approximate surface area is 291 Å². The first-order valence-electron chi connectivity index (χ1n) is 16.1. The van der Waals surface area contributed by atoms with Gasteiger partial charge in [0.05, 0.1) is 11.1 Å². The highest BCUT2D eigenvalue weighted by atomic mass is 16.3. The van der Waals surface area contributed by atoms with E-state index in [0.29, 0.717) is 5.56 Å². The zero-order chi connectivity index (χ0) is 36.9. The molecule has 0 radical (unpaired) electrons. The van der Waals surface area contributed by atoms with E-state index in [0.717, 1.165) is 35.4 Å². The number of phenols is 8. The van der Waals surface area contributed by atoms with Crippen molar-refractivity contribution in [3.05, 3.63) is 116 Å². The number of fused-ring (bicyclic) bond motifs is 1. The number of Topliss-reactive ketones (excluding diaryl/α,β-unsaturated/α-hetero) is 1. The van der Waals surface area contributed by atoms with Crippen molar-refractivity contribution in [2.45, 2.75) is 45.4 Å². The smallest absolute Gasteiger partial charge is 0.197 e. The first kappa shape index (κ1) is 34.5. The number of carbonyl (C=O) groups excluding carboxylic acids is 1. The predicted octanol–water partition coefficient (Wildman–Crippen LogP) is 7.33. The molecule has 1 aliphatic carbocycles. The second-order valence-electron chi connectivity index (χ2n) is 13.2. The summed E-state index contributed by atoms with van der Waals surface area (Å²) in [7, 11) is 0. The van der Waals surface area contributed by atoms with E-state index in [1.165, 1.54) is 36.4 Å². The van der Waals surface area contributed by atoms with Crippen molar-refractivity contribution in [2.75, 3.05) is 0 Å². The fraction of sp³-hybridized carbons (Fsp3) is 0.200. The van der Waals surface area contributed by atoms with Crippen LogP contribution in [0.1, 0.15) is 66.1 Å². The summed E-state index contributed by atoms with van der Waals surface area (Å²) in [5, 5.41) is 86.2. The molecular weight excluding hydrogens is 656 g/mol. The molecule has 262 valence electrons. The van der Waals surface area contributed by atoms with Gasteiger partial charge in [0.25, 0.3) is 0 Å². The average Bonchev–Trinajstić information content (AvgIpc) is 3.03. The Hall–Kier alpha value is -6.36. The van der Waals surface area contributed by atoms with Crippen LogP contribution in [0.4, 0.5) is 0 Å². The Bertz CT molecular complexity index is 2320. The van der Waals surface area contributed by atoms with Crippen molar-refractivity contribution < 1.29 is 50.1 Å². The van der Waals surface area contributed by atoms with Crippen molar-refractivity contribution in [3.8, 4) is 57.3 Å². The number of carbonyl (C=O) groups is 1. The third-order valence-electron chi connectivity index (χ3n) is 9.31. The maximum absolute atomic E-state index is 14.8. The van der Waals surface area contributed by atoms with Gasteiger partial charge in [0.15, 0.2) is 11.2 Å². The third-order valence-corrected chi connectivity index (χ3v) is 9.31. The first-order chi connectivity index (χ1) is 24.1. The van der Waals surface area contributed by atoms with Gasteiger partial charge in [0, 0.05) is 47.2 Å². The van der Waals surface area contributed by atoms with Crippen molar-refractivity contribution in [3.63, 3.8) is 0 Å². The quantitative estimate of drug-likeness (QED) is 0.0625. The van der Waals surface area contributed by atoms with Crippen molar-refractivity contribution in [2.24, 2.45) is 5.92 Å². The molecule has 0 saturated carbocycles. The standard InChI is InChI=1S/C40H36O11/c1-18(2)4-5-24-29(44)8-7-26(38(24)48)40(50)35-27(20-12-21(41)14-22(42)13-20)10-19(3)11-28(35)36-30(45)9-6-25(39(36)49)33-17-32(47)37-31(46)15-23(43)16-34(37)51-33/h4,6-9,11-17,27-28,35,41-46,48-49H,5,10H2,1-3H3. The van der Waals surface area contributed by atoms with E-state index in [-0.39, 0.29) is 74.8 Å². The largest absolute Gasteiger partial charge is 0.508 e. The molecular formula is C40H36O11. The lowest BCUT2D eigenvalue weighted by atomic mass is 9.65. The minimum Gasteiger partial charge on any atom is -0.508 e. The molecule has 5 aromatic rings. The molecule has 0 aliphatic heterocycles. The number of allylic oxidation sites excluding steroid dienone is 4. The van der Waals surface area contributed by atoms with E-state index >= 15 is 0 Å². The summed E-state index contributed by atoms with van der Waals surface area (Å²) in [4.78, 5) is 27.9. The van der Waals surface area contributed by atoms with Crippen LogP contribution in [0.2, 0.25) is 0 Å². The Morgan fingerprint density at radius 3 is 2.16 bits per heavy atom. The van der Waals surface area contributed by atoms with Gasteiger partial charge in [-0.05, 0) is 81.5 Å². The second kappa shape index (κ2) is 13.2. The van der Waals surface area contributed by atoms with Gasteiger partial charge in [-0.3, -0.25) is 9.59 Å². The maximum atomic E-state index is 14.8. The van der Waals surface area contributed by atoms with Crippen LogP contribution in [0, 0.1) is 5.92 Å². The third kappa shape index (κ3) is 6.41. The molecule has 8 N–H and O–H groups in total. The lowest BCUT2D eigenvalue weighted by Gasteiger charge is -2.37. The fourth-order valence-corrected chi connectivity index (χ4v) is 6.99. The van der Waals surface area contributed by atoms with Crippen LogP contribution in [-0.4, -0.2) is 46.6 Å². The highest BCUT2D eigenvalue weighted by Crippen LogP contribution is 2.53. The summed E-state index contributed by atoms with van der Waals surface area (Å²) < 4.78 is 5.85. The molecule has 0 fully saturated rings. The SMILES string of the molecule is CC(C)=CCc1c(O)ccc(C(=O)C2C(c3c(O)ccc(-c4cc(=O)c5c(O)cc(O)cc5o4)c3O)C=C(C)CC2c2cc(O)cc(O)c2)c1O. The number of rotatable bonds is 7. The van der Waals surface area contributed by atoms with Crippen LogP contribution >= 0.6 is 0 Å². The van der Waals surface area contributed by atoms with Crippen LogP contribution in [-0.2, 0) is 6.42 Å². The summed E-state index contributed by atoms with van der Waals surface area (Å²) in [6.45, 7) is 5.49. The summed E-state index contributed by atoms with van der Waals surface area (Å²) in [5.74, 6) is -6.78. The van der Waals surface area contributed by atoms with E-state index in [2.05, 4.69) is 0 Å². The molecule has 1 aromatic heterocycles. The number of hydrogen-bond donors (Lipinski definition) is 8. The van der Waals surface area contributed by atoms with Crippen molar-refractivity contribution in [1.82, 2.24) is 0 Å². The van der Waals surface area contributed by atoms with Gasteiger partial charge in [0.1, 0.15) is 62.7 Å². The highest BCUT2D eigenvalue weighted by molar-refractivity contribution is 6.02. The summed E-state index contributed by atoms with van der Waals surface area (Å²) in [5.41, 5.74) is 1.05.